The third kappa shape index (κ3) is 2.59. The highest BCUT2D eigenvalue weighted by Gasteiger charge is 2.36. The summed E-state index contributed by atoms with van der Waals surface area (Å²) < 4.78 is 1.32. The van der Waals surface area contributed by atoms with Gasteiger partial charge >= 0.3 is 0 Å². The van der Waals surface area contributed by atoms with E-state index in [4.69, 9.17) is 0 Å². The van der Waals surface area contributed by atoms with Crippen molar-refractivity contribution in [3.05, 3.63) is 40.0 Å². The molecule has 0 aromatic carbocycles. The van der Waals surface area contributed by atoms with Gasteiger partial charge in [-0.3, -0.25) is 9.59 Å². The Morgan fingerprint density at radius 1 is 1.23 bits per heavy atom. The van der Waals surface area contributed by atoms with Gasteiger partial charge in [-0.25, -0.2) is 4.68 Å². The first-order valence-electron chi connectivity index (χ1n) is 7.44. The fourth-order valence-corrected chi connectivity index (χ4v) is 3.46. The highest BCUT2D eigenvalue weighted by atomic mass is 32.1. The minimum absolute atomic E-state index is 0.0390. The predicted octanol–water partition coefficient (Wildman–Crippen LogP) is 2.33. The minimum atomic E-state index is -0.977. The van der Waals surface area contributed by atoms with E-state index in [0.29, 0.717) is 0 Å². The van der Waals surface area contributed by atoms with Crippen LogP contribution in [0.3, 0.4) is 0 Å². The second-order valence-corrected chi connectivity index (χ2v) is 6.95. The Labute approximate surface area is 133 Å². The highest BCUT2D eigenvalue weighted by molar-refractivity contribution is 7.13. The van der Waals surface area contributed by atoms with Gasteiger partial charge in [-0.2, -0.15) is 5.10 Å². The predicted molar refractivity (Wildman–Crippen MR) is 86.9 cm³/mol. The largest absolute Gasteiger partial charge is 0.341 e. The molecule has 0 unspecified atom stereocenters. The number of amides is 1. The lowest BCUT2D eigenvalue weighted by molar-refractivity contribution is -0.138. The zero-order valence-electron chi connectivity index (χ0n) is 12.8. The van der Waals surface area contributed by atoms with Gasteiger partial charge in [-0.1, -0.05) is 6.07 Å². The number of rotatable bonds is 3. The van der Waals surface area contributed by atoms with Crippen LogP contribution in [0, 0.1) is 0 Å². The first kappa shape index (κ1) is 15.0. The molecular weight excluding hydrogens is 298 g/mol. The summed E-state index contributed by atoms with van der Waals surface area (Å²) in [5.41, 5.74) is -0.510. The highest BCUT2D eigenvalue weighted by Crippen LogP contribution is 2.24. The first-order valence-corrected chi connectivity index (χ1v) is 8.32. The van der Waals surface area contributed by atoms with E-state index in [2.05, 4.69) is 5.10 Å². The molecule has 1 amide bonds. The molecular formula is C16H19N3O2S. The third-order valence-corrected chi connectivity index (χ3v) is 4.91. The average molecular weight is 317 g/mol. The Morgan fingerprint density at radius 3 is 2.59 bits per heavy atom. The van der Waals surface area contributed by atoms with E-state index in [9.17, 15) is 9.59 Å². The molecule has 22 heavy (non-hydrogen) atoms. The molecule has 1 saturated heterocycles. The number of hydrogen-bond donors (Lipinski definition) is 0. The summed E-state index contributed by atoms with van der Waals surface area (Å²) in [7, 11) is 0. The van der Waals surface area contributed by atoms with Gasteiger partial charge in [0.05, 0.1) is 4.88 Å². The van der Waals surface area contributed by atoms with Gasteiger partial charge in [0.2, 0.25) is 5.91 Å². The van der Waals surface area contributed by atoms with Crippen LogP contribution in [0.25, 0.3) is 10.6 Å². The summed E-state index contributed by atoms with van der Waals surface area (Å²) in [6.07, 6.45) is 2.05. The van der Waals surface area contributed by atoms with E-state index in [1.807, 2.05) is 22.4 Å². The monoisotopic (exact) mass is 317 g/mol. The molecule has 2 aromatic heterocycles. The van der Waals surface area contributed by atoms with E-state index in [0.717, 1.165) is 36.5 Å². The smallest absolute Gasteiger partial charge is 0.267 e. The van der Waals surface area contributed by atoms with Crippen molar-refractivity contribution in [3.8, 4) is 10.6 Å². The zero-order valence-corrected chi connectivity index (χ0v) is 13.6. The zero-order chi connectivity index (χ0) is 15.7. The Balaban J connectivity index is 2.00. The molecule has 0 saturated carbocycles. The lowest BCUT2D eigenvalue weighted by atomic mass is 10.0. The van der Waals surface area contributed by atoms with Gasteiger partial charge < -0.3 is 4.90 Å². The molecule has 0 radical (unpaired) electrons. The number of likely N-dealkylation sites (tertiary alicyclic amines) is 1. The second-order valence-electron chi connectivity index (χ2n) is 6.00. The molecule has 1 aliphatic heterocycles. The van der Waals surface area contributed by atoms with Crippen molar-refractivity contribution in [2.45, 2.75) is 32.2 Å². The van der Waals surface area contributed by atoms with Gasteiger partial charge in [0.15, 0.2) is 0 Å². The van der Waals surface area contributed by atoms with Crippen LogP contribution in [-0.2, 0) is 10.3 Å². The van der Waals surface area contributed by atoms with Crippen molar-refractivity contribution in [2.24, 2.45) is 0 Å². The maximum atomic E-state index is 12.7. The molecule has 116 valence electrons. The molecule has 0 spiro atoms. The first-order chi connectivity index (χ1) is 10.5. The van der Waals surface area contributed by atoms with Crippen LogP contribution in [-0.4, -0.2) is 33.7 Å². The van der Waals surface area contributed by atoms with Gasteiger partial charge in [0.1, 0.15) is 11.2 Å². The van der Waals surface area contributed by atoms with Crippen molar-refractivity contribution < 1.29 is 4.79 Å². The molecule has 0 atom stereocenters. The van der Waals surface area contributed by atoms with Crippen LogP contribution < -0.4 is 5.56 Å². The average Bonchev–Trinajstić information content (AvgIpc) is 3.20. The number of carbonyl (C=O) groups excluding carboxylic acids is 1. The van der Waals surface area contributed by atoms with E-state index >= 15 is 0 Å². The molecule has 0 bridgehead atoms. The van der Waals surface area contributed by atoms with Crippen molar-refractivity contribution in [1.29, 1.82) is 0 Å². The molecule has 6 heteroatoms. The van der Waals surface area contributed by atoms with E-state index < -0.39 is 5.54 Å². The maximum Gasteiger partial charge on any atom is 0.267 e. The molecule has 3 heterocycles. The number of hydrogen-bond acceptors (Lipinski definition) is 4. The Morgan fingerprint density at radius 2 is 1.95 bits per heavy atom. The van der Waals surface area contributed by atoms with Crippen molar-refractivity contribution >= 4 is 17.2 Å². The summed E-state index contributed by atoms with van der Waals surface area (Å²) in [5, 5.41) is 6.41. The summed E-state index contributed by atoms with van der Waals surface area (Å²) in [6.45, 7) is 5.06. The summed E-state index contributed by atoms with van der Waals surface area (Å²) >= 11 is 1.56. The van der Waals surface area contributed by atoms with Crippen LogP contribution in [0.2, 0.25) is 0 Å². The van der Waals surface area contributed by atoms with Gasteiger partial charge in [-0.15, -0.1) is 11.3 Å². The quantitative estimate of drug-likeness (QED) is 0.873. The third-order valence-electron chi connectivity index (χ3n) is 4.02. The molecule has 1 aliphatic rings. The fraction of sp³-hybridized carbons (Fsp3) is 0.438. The van der Waals surface area contributed by atoms with Crippen LogP contribution in [0.15, 0.2) is 34.4 Å². The fourth-order valence-electron chi connectivity index (χ4n) is 2.77. The molecule has 3 rings (SSSR count). The van der Waals surface area contributed by atoms with E-state index in [-0.39, 0.29) is 11.5 Å². The number of aromatic nitrogens is 2. The topological polar surface area (TPSA) is 55.2 Å². The lowest BCUT2D eigenvalue weighted by Crippen LogP contribution is -2.50. The number of carbonyl (C=O) groups is 1. The molecule has 1 fully saturated rings. The Kier molecular flexibility index (Phi) is 3.87. The van der Waals surface area contributed by atoms with E-state index in [1.54, 1.807) is 31.3 Å². The SMILES string of the molecule is CC(C)(C(=O)N1CCCC1)n1nc(-c2cccs2)ccc1=O. The summed E-state index contributed by atoms with van der Waals surface area (Å²) in [5.74, 6) is -0.0390. The standard InChI is InChI=1S/C16H19N3O2S/c1-16(2,15(21)18-9-3-4-10-18)19-14(20)8-7-12(17-19)13-6-5-11-22-13/h5-8,11H,3-4,9-10H2,1-2H3. The van der Waals surface area contributed by atoms with Crippen molar-refractivity contribution in [3.63, 3.8) is 0 Å². The normalized spacial score (nSPS) is 15.3. The van der Waals surface area contributed by atoms with Crippen molar-refractivity contribution in [2.75, 3.05) is 13.1 Å². The van der Waals surface area contributed by atoms with Gasteiger partial charge in [-0.05, 0) is 44.2 Å². The molecule has 0 N–H and O–H groups in total. The molecule has 2 aromatic rings. The van der Waals surface area contributed by atoms with Gasteiger partial charge in [0.25, 0.3) is 5.56 Å². The molecule has 0 aliphatic carbocycles. The molecule has 5 nitrogen and oxygen atoms in total. The van der Waals surface area contributed by atoms with Crippen LogP contribution in [0.4, 0.5) is 0 Å². The number of thiophene rings is 1. The van der Waals surface area contributed by atoms with Gasteiger partial charge in [0, 0.05) is 19.2 Å². The Bertz CT molecular complexity index is 728. The van der Waals surface area contributed by atoms with Crippen molar-refractivity contribution in [1.82, 2.24) is 14.7 Å². The number of nitrogens with zero attached hydrogens (tertiary/aromatic N) is 3. The summed E-state index contributed by atoms with van der Waals surface area (Å²) in [6, 6.07) is 7.09. The van der Waals surface area contributed by atoms with Crippen LogP contribution >= 0.6 is 11.3 Å². The second kappa shape index (κ2) is 5.68. The summed E-state index contributed by atoms with van der Waals surface area (Å²) in [4.78, 5) is 27.8. The minimum Gasteiger partial charge on any atom is -0.341 e. The maximum absolute atomic E-state index is 12.7. The van der Waals surface area contributed by atoms with E-state index in [1.165, 1.54) is 10.7 Å². The van der Waals surface area contributed by atoms with Crippen LogP contribution in [0.1, 0.15) is 26.7 Å². The van der Waals surface area contributed by atoms with Crippen LogP contribution in [0.5, 0.6) is 0 Å². The Hall–Kier alpha value is -1.95. The lowest BCUT2D eigenvalue weighted by Gasteiger charge is -2.29.